The molecule has 1 amide bonds. The highest BCUT2D eigenvalue weighted by molar-refractivity contribution is 5.94. The lowest BCUT2D eigenvalue weighted by molar-refractivity contribution is -0.384. The highest BCUT2D eigenvalue weighted by atomic mass is 16.6. The summed E-state index contributed by atoms with van der Waals surface area (Å²) in [4.78, 5) is 29.8. The van der Waals surface area contributed by atoms with Crippen LogP contribution < -0.4 is 4.90 Å². The third-order valence-corrected chi connectivity index (χ3v) is 4.50. The normalized spacial score (nSPS) is 17.8. The van der Waals surface area contributed by atoms with Crippen molar-refractivity contribution in [2.45, 2.75) is 18.9 Å². The molecule has 1 aromatic carbocycles. The van der Waals surface area contributed by atoms with Crippen LogP contribution in [0.1, 0.15) is 24.6 Å². The zero-order valence-electron chi connectivity index (χ0n) is 13.5. The Morgan fingerprint density at radius 3 is 2.75 bits per heavy atom. The third-order valence-electron chi connectivity index (χ3n) is 4.50. The Morgan fingerprint density at radius 2 is 2.12 bits per heavy atom. The van der Waals surface area contributed by atoms with Gasteiger partial charge in [-0.25, -0.2) is 0 Å². The molecule has 0 bridgehead atoms. The number of aromatic nitrogens is 1. The van der Waals surface area contributed by atoms with Gasteiger partial charge in [-0.15, -0.1) is 0 Å². The number of H-pyrrole nitrogens is 1. The Kier molecular flexibility index (Phi) is 4.61. The second-order valence-corrected chi connectivity index (χ2v) is 5.98. The average molecular weight is 328 g/mol. The van der Waals surface area contributed by atoms with Crippen molar-refractivity contribution in [1.82, 2.24) is 9.88 Å². The fourth-order valence-electron chi connectivity index (χ4n) is 3.14. The number of non-ortho nitro benzene ring substituents is 1. The molecule has 7 nitrogen and oxygen atoms in total. The summed E-state index contributed by atoms with van der Waals surface area (Å²) < 4.78 is 0. The molecule has 1 fully saturated rings. The van der Waals surface area contributed by atoms with Gasteiger partial charge < -0.3 is 9.88 Å². The van der Waals surface area contributed by atoms with Crippen molar-refractivity contribution in [3.8, 4) is 0 Å². The number of carbonyl (C=O) groups excluding carboxylic acids is 1. The van der Waals surface area contributed by atoms with Crippen LogP contribution in [-0.2, 0) is 4.79 Å². The van der Waals surface area contributed by atoms with E-state index >= 15 is 0 Å². The topological polar surface area (TPSA) is 82.5 Å². The summed E-state index contributed by atoms with van der Waals surface area (Å²) >= 11 is 0. The molecule has 2 aromatic rings. The zero-order valence-corrected chi connectivity index (χ0v) is 13.5. The van der Waals surface area contributed by atoms with Gasteiger partial charge >= 0.3 is 0 Å². The number of nitro groups is 1. The molecule has 1 unspecified atom stereocenters. The number of carbonyl (C=O) groups is 1. The van der Waals surface area contributed by atoms with Crippen LogP contribution in [0.3, 0.4) is 0 Å². The maximum Gasteiger partial charge on any atom is 0.269 e. The molecule has 24 heavy (non-hydrogen) atoms. The molecule has 0 radical (unpaired) electrons. The number of likely N-dealkylation sites (tertiary alicyclic amines) is 1. The van der Waals surface area contributed by atoms with E-state index in [2.05, 4.69) is 9.88 Å². The Labute approximate surface area is 140 Å². The van der Waals surface area contributed by atoms with Gasteiger partial charge in [0.05, 0.1) is 17.5 Å². The number of amides is 1. The second-order valence-electron chi connectivity index (χ2n) is 5.98. The summed E-state index contributed by atoms with van der Waals surface area (Å²) in [5, 5.41) is 10.7. The van der Waals surface area contributed by atoms with Gasteiger partial charge in [0, 0.05) is 36.8 Å². The van der Waals surface area contributed by atoms with E-state index in [0.717, 1.165) is 25.1 Å². The first-order valence-electron chi connectivity index (χ1n) is 7.94. The lowest BCUT2D eigenvalue weighted by atomic mass is 10.1. The summed E-state index contributed by atoms with van der Waals surface area (Å²) in [5.41, 5.74) is 1.81. The SMILES string of the molecule is CN(C(=O)CN1CCCC1c1ccc[nH]1)c1ccc([N+](=O)[O-])cc1. The smallest absolute Gasteiger partial charge is 0.269 e. The first-order valence-corrected chi connectivity index (χ1v) is 7.94. The fourth-order valence-corrected chi connectivity index (χ4v) is 3.14. The van der Waals surface area contributed by atoms with E-state index in [1.54, 1.807) is 24.1 Å². The molecule has 0 aliphatic carbocycles. The van der Waals surface area contributed by atoms with Gasteiger partial charge in [0.2, 0.25) is 5.91 Å². The third kappa shape index (κ3) is 3.30. The first kappa shape index (κ1) is 16.2. The number of hydrogen-bond acceptors (Lipinski definition) is 4. The van der Waals surface area contributed by atoms with Gasteiger partial charge in [-0.3, -0.25) is 19.8 Å². The van der Waals surface area contributed by atoms with Crippen LogP contribution >= 0.6 is 0 Å². The van der Waals surface area contributed by atoms with Crippen LogP contribution in [-0.4, -0.2) is 40.9 Å². The van der Waals surface area contributed by atoms with Gasteiger partial charge in [0.15, 0.2) is 0 Å². The van der Waals surface area contributed by atoms with E-state index in [0.29, 0.717) is 12.2 Å². The van der Waals surface area contributed by atoms with Crippen LogP contribution in [0.15, 0.2) is 42.6 Å². The molecule has 7 heteroatoms. The van der Waals surface area contributed by atoms with Crippen LogP contribution in [0.4, 0.5) is 11.4 Å². The van der Waals surface area contributed by atoms with E-state index in [1.165, 1.54) is 12.1 Å². The fraction of sp³-hybridized carbons (Fsp3) is 0.353. The van der Waals surface area contributed by atoms with Crippen LogP contribution in [0, 0.1) is 10.1 Å². The predicted molar refractivity (Wildman–Crippen MR) is 90.8 cm³/mol. The number of hydrogen-bond donors (Lipinski definition) is 1. The lowest BCUT2D eigenvalue weighted by Gasteiger charge is -2.26. The Balaban J connectivity index is 1.66. The number of benzene rings is 1. The number of nitro benzene ring substituents is 1. The molecule has 0 spiro atoms. The minimum atomic E-state index is -0.448. The highest BCUT2D eigenvalue weighted by Gasteiger charge is 2.29. The lowest BCUT2D eigenvalue weighted by Crippen LogP contribution is -2.38. The van der Waals surface area contributed by atoms with E-state index in [4.69, 9.17) is 0 Å². The molecule has 3 rings (SSSR count). The van der Waals surface area contributed by atoms with Gasteiger partial charge in [0.25, 0.3) is 5.69 Å². The van der Waals surface area contributed by atoms with E-state index in [-0.39, 0.29) is 17.6 Å². The summed E-state index contributed by atoms with van der Waals surface area (Å²) in [6, 6.07) is 10.3. The van der Waals surface area contributed by atoms with Crippen LogP contribution in [0.25, 0.3) is 0 Å². The largest absolute Gasteiger partial charge is 0.364 e. The summed E-state index contributed by atoms with van der Waals surface area (Å²) in [6.07, 6.45) is 4.00. The average Bonchev–Trinajstić information content (AvgIpc) is 3.25. The van der Waals surface area contributed by atoms with E-state index < -0.39 is 4.92 Å². The quantitative estimate of drug-likeness (QED) is 0.676. The maximum absolute atomic E-state index is 12.6. The van der Waals surface area contributed by atoms with Crippen molar-refractivity contribution in [1.29, 1.82) is 0 Å². The van der Waals surface area contributed by atoms with Gasteiger partial charge in [-0.2, -0.15) is 0 Å². The van der Waals surface area contributed by atoms with Crippen molar-refractivity contribution in [2.24, 2.45) is 0 Å². The Bertz CT molecular complexity index is 712. The maximum atomic E-state index is 12.6. The molecule has 1 aliphatic rings. The number of likely N-dealkylation sites (N-methyl/N-ethyl adjacent to an activating group) is 1. The summed E-state index contributed by atoms with van der Waals surface area (Å²) in [5.74, 6) is -0.0256. The highest BCUT2D eigenvalue weighted by Crippen LogP contribution is 2.30. The monoisotopic (exact) mass is 328 g/mol. The molecule has 0 saturated carbocycles. The standard InChI is InChI=1S/C17H20N4O3/c1-19(13-6-8-14(9-7-13)21(23)24)17(22)12-20-11-3-5-16(20)15-4-2-10-18-15/h2,4,6-10,16,18H,3,5,11-12H2,1H3. The van der Waals surface area contributed by atoms with Crippen molar-refractivity contribution in [3.63, 3.8) is 0 Å². The van der Waals surface area contributed by atoms with Crippen molar-refractivity contribution >= 4 is 17.3 Å². The molecular weight excluding hydrogens is 308 g/mol. The van der Waals surface area contributed by atoms with Crippen molar-refractivity contribution < 1.29 is 9.72 Å². The summed E-state index contributed by atoms with van der Waals surface area (Å²) in [7, 11) is 1.70. The van der Waals surface area contributed by atoms with E-state index in [9.17, 15) is 14.9 Å². The minimum Gasteiger partial charge on any atom is -0.364 e. The van der Waals surface area contributed by atoms with Gasteiger partial charge in [0.1, 0.15) is 0 Å². The Morgan fingerprint density at radius 1 is 1.38 bits per heavy atom. The second kappa shape index (κ2) is 6.84. The minimum absolute atomic E-state index is 0.0194. The molecule has 1 atom stereocenters. The molecule has 1 N–H and O–H groups in total. The molecule has 1 aliphatic heterocycles. The first-order chi connectivity index (χ1) is 11.6. The zero-order chi connectivity index (χ0) is 17.1. The molecule has 126 valence electrons. The molecule has 1 aromatic heterocycles. The number of rotatable bonds is 5. The number of aromatic amines is 1. The number of nitrogens with one attached hydrogen (secondary N) is 1. The molecule has 2 heterocycles. The Hall–Kier alpha value is -2.67. The van der Waals surface area contributed by atoms with Crippen molar-refractivity contribution in [3.05, 3.63) is 58.4 Å². The molecular formula is C17H20N4O3. The summed E-state index contributed by atoms with van der Waals surface area (Å²) in [6.45, 7) is 1.22. The van der Waals surface area contributed by atoms with Crippen molar-refractivity contribution in [2.75, 3.05) is 25.0 Å². The van der Waals surface area contributed by atoms with Gasteiger partial charge in [-0.1, -0.05) is 0 Å². The van der Waals surface area contributed by atoms with Crippen LogP contribution in [0.2, 0.25) is 0 Å². The number of nitrogens with zero attached hydrogens (tertiary/aromatic N) is 3. The number of anilines is 1. The van der Waals surface area contributed by atoms with Crippen LogP contribution in [0.5, 0.6) is 0 Å². The van der Waals surface area contributed by atoms with E-state index in [1.807, 2.05) is 18.3 Å². The van der Waals surface area contributed by atoms with Gasteiger partial charge in [-0.05, 0) is 43.7 Å². The predicted octanol–water partition coefficient (Wildman–Crippen LogP) is 2.72. The molecule has 1 saturated heterocycles.